The Hall–Kier alpha value is -2.92. The normalized spacial score (nSPS) is 17.3. The van der Waals surface area contributed by atoms with Crippen LogP contribution in [0.2, 0.25) is 0 Å². The zero-order valence-corrected chi connectivity index (χ0v) is 17.3. The molecular weight excluding hydrogens is 380 g/mol. The van der Waals surface area contributed by atoms with E-state index in [1.54, 1.807) is 16.2 Å². The highest BCUT2D eigenvalue weighted by Crippen LogP contribution is 2.30. The van der Waals surface area contributed by atoms with Crippen LogP contribution in [0.3, 0.4) is 0 Å². The summed E-state index contributed by atoms with van der Waals surface area (Å²) in [6, 6.07) is 21.7. The van der Waals surface area contributed by atoms with Gasteiger partial charge in [-0.25, -0.2) is 0 Å². The van der Waals surface area contributed by atoms with Gasteiger partial charge >= 0.3 is 0 Å². The van der Waals surface area contributed by atoms with Crippen LogP contribution < -0.4 is 0 Å². The highest BCUT2D eigenvalue weighted by Gasteiger charge is 2.31. The molecule has 148 valence electrons. The summed E-state index contributed by atoms with van der Waals surface area (Å²) in [5.74, 6) is -0.157. The number of thiophene rings is 1. The summed E-state index contributed by atoms with van der Waals surface area (Å²) in [5, 5.41) is 2.07. The first-order chi connectivity index (χ1) is 14.1. The Kier molecular flexibility index (Phi) is 5.76. The minimum atomic E-state index is -0.253. The Labute approximate surface area is 175 Å². The summed E-state index contributed by atoms with van der Waals surface area (Å²) in [6.07, 6.45) is 0.621. The van der Waals surface area contributed by atoms with Gasteiger partial charge in [0, 0.05) is 37.1 Å². The lowest BCUT2D eigenvalue weighted by atomic mass is 9.93. The molecule has 1 saturated heterocycles. The fourth-order valence-electron chi connectivity index (χ4n) is 3.86. The largest absolute Gasteiger partial charge is 0.344 e. The van der Waals surface area contributed by atoms with E-state index in [4.69, 9.17) is 0 Å². The number of nitrogens with zero attached hydrogens (tertiary/aromatic N) is 2. The summed E-state index contributed by atoms with van der Waals surface area (Å²) in [5.41, 5.74) is 2.99. The number of amides is 2. The van der Waals surface area contributed by atoms with Crippen molar-refractivity contribution in [3.05, 3.63) is 83.2 Å². The van der Waals surface area contributed by atoms with Crippen molar-refractivity contribution in [2.75, 3.05) is 26.7 Å². The van der Waals surface area contributed by atoms with E-state index in [1.807, 2.05) is 60.5 Å². The molecule has 4 nitrogen and oxygen atoms in total. The van der Waals surface area contributed by atoms with Crippen molar-refractivity contribution in [1.82, 2.24) is 9.80 Å². The SMILES string of the molecule is CN1CCN(C(=O)c2ccccc2)C[C@H](Cc2ccccc2-c2cccs2)C1=O. The fourth-order valence-corrected chi connectivity index (χ4v) is 4.65. The zero-order chi connectivity index (χ0) is 20.2. The van der Waals surface area contributed by atoms with E-state index in [0.717, 1.165) is 5.56 Å². The van der Waals surface area contributed by atoms with E-state index in [1.165, 1.54) is 10.4 Å². The van der Waals surface area contributed by atoms with E-state index < -0.39 is 0 Å². The van der Waals surface area contributed by atoms with Gasteiger partial charge in [0.05, 0.1) is 5.92 Å². The number of likely N-dealkylation sites (N-methyl/N-ethyl adjacent to an activating group) is 1. The van der Waals surface area contributed by atoms with Crippen LogP contribution in [0.1, 0.15) is 15.9 Å². The molecule has 2 aromatic carbocycles. The second kappa shape index (κ2) is 8.62. The lowest BCUT2D eigenvalue weighted by Gasteiger charge is -2.24. The first kappa shape index (κ1) is 19.4. The molecule has 5 heteroatoms. The maximum Gasteiger partial charge on any atom is 0.253 e. The molecule has 1 aliphatic heterocycles. The number of carbonyl (C=O) groups is 2. The standard InChI is InChI=1S/C24H24N2O2S/c1-25-13-14-26(24(28)18-8-3-2-4-9-18)17-20(23(25)27)16-19-10-5-6-11-21(19)22-12-7-15-29-22/h2-12,15,20H,13-14,16-17H2,1H3/t20-/m0/s1. The molecule has 0 radical (unpaired) electrons. The van der Waals surface area contributed by atoms with Crippen LogP contribution in [-0.4, -0.2) is 48.3 Å². The number of carbonyl (C=O) groups excluding carboxylic acids is 2. The molecule has 2 amide bonds. The number of hydrogen-bond acceptors (Lipinski definition) is 3. The van der Waals surface area contributed by atoms with E-state index in [0.29, 0.717) is 31.6 Å². The lowest BCUT2D eigenvalue weighted by molar-refractivity contribution is -0.133. The molecule has 0 spiro atoms. The van der Waals surface area contributed by atoms with Gasteiger partial charge in [-0.15, -0.1) is 11.3 Å². The Morgan fingerprint density at radius 1 is 1.00 bits per heavy atom. The average molecular weight is 405 g/mol. The highest BCUT2D eigenvalue weighted by atomic mass is 32.1. The van der Waals surface area contributed by atoms with Gasteiger partial charge in [0.15, 0.2) is 0 Å². The molecule has 0 unspecified atom stereocenters. The molecule has 1 aromatic heterocycles. The Morgan fingerprint density at radius 3 is 2.52 bits per heavy atom. The van der Waals surface area contributed by atoms with E-state index in [-0.39, 0.29) is 17.7 Å². The van der Waals surface area contributed by atoms with Gasteiger partial charge in [-0.2, -0.15) is 0 Å². The van der Waals surface area contributed by atoms with Gasteiger partial charge in [-0.3, -0.25) is 9.59 Å². The predicted octanol–water partition coefficient (Wildman–Crippen LogP) is 4.19. The maximum absolute atomic E-state index is 13.0. The summed E-state index contributed by atoms with van der Waals surface area (Å²) in [4.78, 5) is 30.8. The van der Waals surface area contributed by atoms with Crippen molar-refractivity contribution in [3.63, 3.8) is 0 Å². The second-order valence-corrected chi connectivity index (χ2v) is 8.36. The number of hydrogen-bond donors (Lipinski definition) is 0. The van der Waals surface area contributed by atoms with Crippen molar-refractivity contribution in [1.29, 1.82) is 0 Å². The third kappa shape index (κ3) is 4.25. The molecule has 0 aliphatic carbocycles. The zero-order valence-electron chi connectivity index (χ0n) is 16.5. The van der Waals surface area contributed by atoms with Gasteiger partial charge in [0.25, 0.3) is 5.91 Å². The number of rotatable bonds is 4. The summed E-state index contributed by atoms with van der Waals surface area (Å²) in [6.45, 7) is 1.55. The van der Waals surface area contributed by atoms with E-state index >= 15 is 0 Å². The lowest BCUT2D eigenvalue weighted by Crippen LogP contribution is -2.37. The van der Waals surface area contributed by atoms with E-state index in [2.05, 4.69) is 23.6 Å². The average Bonchev–Trinajstić information content (AvgIpc) is 3.26. The molecule has 3 aromatic rings. The molecule has 1 atom stereocenters. The van der Waals surface area contributed by atoms with Crippen LogP contribution in [0.15, 0.2) is 72.1 Å². The molecule has 4 rings (SSSR count). The third-order valence-corrected chi connectivity index (χ3v) is 6.35. The van der Waals surface area contributed by atoms with Gasteiger partial charge in [-0.1, -0.05) is 48.5 Å². The monoisotopic (exact) mass is 404 g/mol. The Balaban J connectivity index is 1.60. The van der Waals surface area contributed by atoms with Gasteiger partial charge in [0.2, 0.25) is 5.91 Å². The number of benzene rings is 2. The van der Waals surface area contributed by atoms with Crippen LogP contribution in [-0.2, 0) is 11.2 Å². The molecular formula is C24H24N2O2S. The summed E-state index contributed by atoms with van der Waals surface area (Å²) < 4.78 is 0. The van der Waals surface area contributed by atoms with Crippen molar-refractivity contribution in [3.8, 4) is 10.4 Å². The topological polar surface area (TPSA) is 40.6 Å². The first-order valence-electron chi connectivity index (χ1n) is 9.84. The predicted molar refractivity (Wildman–Crippen MR) is 117 cm³/mol. The fraction of sp³-hybridized carbons (Fsp3) is 0.250. The van der Waals surface area contributed by atoms with Gasteiger partial charge in [0.1, 0.15) is 0 Å². The van der Waals surface area contributed by atoms with E-state index in [9.17, 15) is 9.59 Å². The Bertz CT molecular complexity index is 985. The van der Waals surface area contributed by atoms with Crippen LogP contribution >= 0.6 is 11.3 Å². The third-order valence-electron chi connectivity index (χ3n) is 5.45. The van der Waals surface area contributed by atoms with Crippen molar-refractivity contribution in [2.45, 2.75) is 6.42 Å². The molecule has 0 N–H and O–H groups in total. The van der Waals surface area contributed by atoms with Crippen LogP contribution in [0.4, 0.5) is 0 Å². The van der Waals surface area contributed by atoms with Crippen molar-refractivity contribution < 1.29 is 9.59 Å². The van der Waals surface area contributed by atoms with Crippen molar-refractivity contribution >= 4 is 23.2 Å². The summed E-state index contributed by atoms with van der Waals surface area (Å²) in [7, 11) is 1.83. The smallest absolute Gasteiger partial charge is 0.253 e. The van der Waals surface area contributed by atoms with Crippen LogP contribution in [0.5, 0.6) is 0 Å². The first-order valence-corrected chi connectivity index (χ1v) is 10.7. The molecule has 1 aliphatic rings. The second-order valence-electron chi connectivity index (χ2n) is 7.41. The maximum atomic E-state index is 13.0. The molecule has 1 fully saturated rings. The Morgan fingerprint density at radius 2 is 1.76 bits per heavy atom. The van der Waals surface area contributed by atoms with Crippen LogP contribution in [0, 0.1) is 5.92 Å². The van der Waals surface area contributed by atoms with Crippen molar-refractivity contribution in [2.24, 2.45) is 5.92 Å². The molecule has 29 heavy (non-hydrogen) atoms. The minimum Gasteiger partial charge on any atom is -0.344 e. The minimum absolute atomic E-state index is 0.00904. The van der Waals surface area contributed by atoms with Crippen LogP contribution in [0.25, 0.3) is 10.4 Å². The molecule has 2 heterocycles. The molecule has 0 bridgehead atoms. The molecule has 0 saturated carbocycles. The highest BCUT2D eigenvalue weighted by molar-refractivity contribution is 7.13. The van der Waals surface area contributed by atoms with Gasteiger partial charge < -0.3 is 9.80 Å². The van der Waals surface area contributed by atoms with Gasteiger partial charge in [-0.05, 0) is 41.1 Å². The quantitative estimate of drug-likeness (QED) is 0.654. The summed E-state index contributed by atoms with van der Waals surface area (Å²) >= 11 is 1.70.